The maximum Gasteiger partial charge on any atom is 0.216 e. The standard InChI is InChI=1S/C14H25NO3/c1-10-7-14(8-11(16)9-14)5-6-15(10)12(17)18-13(2,3)4/h10,12,17H,5-9H2,1-4H3. The van der Waals surface area contributed by atoms with E-state index in [0.717, 1.165) is 32.2 Å². The molecule has 2 atom stereocenters. The van der Waals surface area contributed by atoms with Crippen molar-refractivity contribution in [1.29, 1.82) is 0 Å². The van der Waals surface area contributed by atoms with E-state index in [2.05, 4.69) is 6.92 Å². The first-order chi connectivity index (χ1) is 8.21. The van der Waals surface area contributed by atoms with Gasteiger partial charge in [0.05, 0.1) is 5.60 Å². The Morgan fingerprint density at radius 3 is 2.50 bits per heavy atom. The van der Waals surface area contributed by atoms with Gasteiger partial charge in [0.15, 0.2) is 0 Å². The summed E-state index contributed by atoms with van der Waals surface area (Å²) in [4.78, 5) is 13.2. The molecule has 1 heterocycles. The smallest absolute Gasteiger partial charge is 0.216 e. The van der Waals surface area contributed by atoms with E-state index in [-0.39, 0.29) is 17.1 Å². The van der Waals surface area contributed by atoms with Crippen LogP contribution in [0.2, 0.25) is 0 Å². The minimum Gasteiger partial charge on any atom is -0.356 e. The highest BCUT2D eigenvalue weighted by atomic mass is 16.6. The zero-order valence-corrected chi connectivity index (χ0v) is 11.9. The molecule has 4 nitrogen and oxygen atoms in total. The number of aliphatic hydroxyl groups excluding tert-OH is 1. The van der Waals surface area contributed by atoms with Gasteiger partial charge in [-0.2, -0.15) is 0 Å². The van der Waals surface area contributed by atoms with Crippen LogP contribution in [0.3, 0.4) is 0 Å². The van der Waals surface area contributed by atoms with Crippen LogP contribution < -0.4 is 0 Å². The fourth-order valence-corrected chi connectivity index (χ4v) is 3.25. The van der Waals surface area contributed by atoms with Gasteiger partial charge in [-0.15, -0.1) is 0 Å². The van der Waals surface area contributed by atoms with Crippen LogP contribution in [0.1, 0.15) is 53.4 Å². The molecule has 0 aromatic heterocycles. The Balaban J connectivity index is 1.91. The lowest BCUT2D eigenvalue weighted by atomic mass is 9.61. The first-order valence-electron chi connectivity index (χ1n) is 6.84. The molecule has 2 aliphatic rings. The van der Waals surface area contributed by atoms with Gasteiger partial charge in [0.1, 0.15) is 5.78 Å². The molecule has 1 aliphatic carbocycles. The number of carbonyl (C=O) groups is 1. The molecular formula is C14H25NO3. The summed E-state index contributed by atoms with van der Waals surface area (Å²) in [6, 6.07) is 0.268. The van der Waals surface area contributed by atoms with Crippen molar-refractivity contribution >= 4 is 5.78 Å². The molecule has 0 bridgehead atoms. The van der Waals surface area contributed by atoms with Crippen LogP contribution >= 0.6 is 0 Å². The number of hydrogen-bond acceptors (Lipinski definition) is 4. The van der Waals surface area contributed by atoms with E-state index >= 15 is 0 Å². The number of carbonyl (C=O) groups excluding carboxylic acids is 1. The van der Waals surface area contributed by atoms with Crippen molar-refractivity contribution in [2.75, 3.05) is 6.54 Å². The zero-order valence-electron chi connectivity index (χ0n) is 11.9. The predicted octanol–water partition coefficient (Wildman–Crippen LogP) is 1.91. The number of ether oxygens (including phenoxy) is 1. The molecule has 2 fully saturated rings. The second-order valence-corrected chi connectivity index (χ2v) is 6.99. The van der Waals surface area contributed by atoms with Gasteiger partial charge in [0, 0.05) is 25.4 Å². The molecule has 1 saturated heterocycles. The SMILES string of the molecule is CC1CC2(CCN1C(O)OC(C)(C)C)CC(=O)C2. The largest absolute Gasteiger partial charge is 0.356 e. The van der Waals surface area contributed by atoms with Gasteiger partial charge in [-0.25, -0.2) is 0 Å². The summed E-state index contributed by atoms with van der Waals surface area (Å²) < 4.78 is 5.60. The molecule has 104 valence electrons. The van der Waals surface area contributed by atoms with Crippen LogP contribution in [0.15, 0.2) is 0 Å². The van der Waals surface area contributed by atoms with E-state index < -0.39 is 6.41 Å². The first-order valence-corrected chi connectivity index (χ1v) is 6.84. The Morgan fingerprint density at radius 2 is 2.06 bits per heavy atom. The van der Waals surface area contributed by atoms with Crippen molar-refractivity contribution in [2.24, 2.45) is 5.41 Å². The summed E-state index contributed by atoms with van der Waals surface area (Å²) >= 11 is 0. The van der Waals surface area contributed by atoms with E-state index in [1.165, 1.54) is 0 Å². The van der Waals surface area contributed by atoms with E-state index in [9.17, 15) is 9.90 Å². The number of hydrogen-bond donors (Lipinski definition) is 1. The maximum absolute atomic E-state index is 11.2. The van der Waals surface area contributed by atoms with Crippen molar-refractivity contribution in [3.63, 3.8) is 0 Å². The minimum absolute atomic E-state index is 0.231. The Hall–Kier alpha value is -0.450. The Labute approximate surface area is 109 Å². The van der Waals surface area contributed by atoms with E-state index in [0.29, 0.717) is 5.78 Å². The highest BCUT2D eigenvalue weighted by Crippen LogP contribution is 2.48. The second kappa shape index (κ2) is 4.58. The van der Waals surface area contributed by atoms with Crippen molar-refractivity contribution in [1.82, 2.24) is 4.90 Å². The summed E-state index contributed by atoms with van der Waals surface area (Å²) in [6.07, 6.45) is 2.62. The number of rotatable bonds is 2. The van der Waals surface area contributed by atoms with Crippen LogP contribution in [0.25, 0.3) is 0 Å². The molecule has 0 aromatic rings. The molecule has 0 aromatic carbocycles. The van der Waals surface area contributed by atoms with Crippen molar-refractivity contribution in [2.45, 2.75) is 71.4 Å². The Bertz CT molecular complexity index is 326. The topological polar surface area (TPSA) is 49.8 Å². The molecule has 2 unspecified atom stereocenters. The molecule has 1 spiro atoms. The van der Waals surface area contributed by atoms with Gasteiger partial charge in [-0.05, 0) is 46.0 Å². The third-order valence-corrected chi connectivity index (χ3v) is 4.08. The number of piperidine rings is 1. The summed E-state index contributed by atoms with van der Waals surface area (Å²) in [5.74, 6) is 0.391. The van der Waals surface area contributed by atoms with Gasteiger partial charge in [0.25, 0.3) is 0 Å². The van der Waals surface area contributed by atoms with Gasteiger partial charge in [0.2, 0.25) is 6.41 Å². The molecule has 2 rings (SSSR count). The fraction of sp³-hybridized carbons (Fsp3) is 0.929. The maximum atomic E-state index is 11.2. The quantitative estimate of drug-likeness (QED) is 0.766. The molecule has 4 heteroatoms. The summed E-state index contributed by atoms with van der Waals surface area (Å²) in [5, 5.41) is 10.1. The molecule has 0 amide bonds. The normalized spacial score (nSPS) is 30.3. The summed E-state index contributed by atoms with van der Waals surface area (Å²) in [7, 11) is 0. The van der Waals surface area contributed by atoms with Crippen LogP contribution in [0.4, 0.5) is 0 Å². The third kappa shape index (κ3) is 2.92. The molecule has 18 heavy (non-hydrogen) atoms. The van der Waals surface area contributed by atoms with Crippen molar-refractivity contribution in [3.05, 3.63) is 0 Å². The monoisotopic (exact) mass is 255 g/mol. The van der Waals surface area contributed by atoms with Crippen LogP contribution in [-0.2, 0) is 9.53 Å². The lowest BCUT2D eigenvalue weighted by Gasteiger charge is -2.51. The number of ketones is 1. The minimum atomic E-state index is -0.840. The average molecular weight is 255 g/mol. The molecule has 0 radical (unpaired) electrons. The van der Waals surface area contributed by atoms with Gasteiger partial charge < -0.3 is 9.84 Å². The molecule has 1 aliphatic heterocycles. The summed E-state index contributed by atoms with van der Waals surface area (Å²) in [5.41, 5.74) is -0.116. The van der Waals surface area contributed by atoms with E-state index in [1.54, 1.807) is 0 Å². The fourth-order valence-electron chi connectivity index (χ4n) is 3.25. The van der Waals surface area contributed by atoms with E-state index in [1.807, 2.05) is 25.7 Å². The number of nitrogens with zero attached hydrogens (tertiary/aromatic N) is 1. The number of likely N-dealkylation sites (tertiary alicyclic amines) is 1. The number of Topliss-reactive ketones (excluding diaryl/α,β-unsaturated/α-hetero) is 1. The van der Waals surface area contributed by atoms with E-state index in [4.69, 9.17) is 4.74 Å². The van der Waals surface area contributed by atoms with Gasteiger partial charge in [-0.3, -0.25) is 9.69 Å². The van der Waals surface area contributed by atoms with Crippen LogP contribution in [0, 0.1) is 5.41 Å². The van der Waals surface area contributed by atoms with Crippen molar-refractivity contribution < 1.29 is 14.6 Å². The highest BCUT2D eigenvalue weighted by molar-refractivity contribution is 5.86. The Morgan fingerprint density at radius 1 is 1.44 bits per heavy atom. The third-order valence-electron chi connectivity index (χ3n) is 4.08. The van der Waals surface area contributed by atoms with Gasteiger partial charge in [-0.1, -0.05) is 0 Å². The lowest BCUT2D eigenvalue weighted by Crippen LogP contribution is -2.55. The number of aliphatic hydroxyl groups is 1. The Kier molecular flexibility index (Phi) is 3.56. The highest BCUT2D eigenvalue weighted by Gasteiger charge is 2.48. The molecule has 1 saturated carbocycles. The molecular weight excluding hydrogens is 230 g/mol. The first kappa shape index (κ1) is 14.0. The van der Waals surface area contributed by atoms with Crippen molar-refractivity contribution in [3.8, 4) is 0 Å². The van der Waals surface area contributed by atoms with Crippen LogP contribution in [-0.4, -0.2) is 40.4 Å². The lowest BCUT2D eigenvalue weighted by molar-refractivity contribution is -0.257. The second-order valence-electron chi connectivity index (χ2n) is 6.99. The molecule has 1 N–H and O–H groups in total. The summed E-state index contributed by atoms with van der Waals surface area (Å²) in [6.45, 7) is 8.75. The van der Waals surface area contributed by atoms with Crippen LogP contribution in [0.5, 0.6) is 0 Å². The van der Waals surface area contributed by atoms with Gasteiger partial charge >= 0.3 is 0 Å². The zero-order chi connectivity index (χ0) is 13.6. The predicted molar refractivity (Wildman–Crippen MR) is 68.9 cm³/mol. The average Bonchev–Trinajstić information content (AvgIpc) is 2.12.